The number of anilines is 2. The van der Waals surface area contributed by atoms with Crippen LogP contribution in [0.15, 0.2) is 101 Å². The Kier molecular flexibility index (Phi) is 6.61. The van der Waals surface area contributed by atoms with Gasteiger partial charge in [0.05, 0.1) is 16.9 Å². The zero-order valence-electron chi connectivity index (χ0n) is 17.6. The number of halogens is 4. The third kappa shape index (κ3) is 5.58. The smallest absolute Gasteiger partial charge is 0.397 e. The van der Waals surface area contributed by atoms with Crippen LogP contribution in [0.1, 0.15) is 15.9 Å². The summed E-state index contributed by atoms with van der Waals surface area (Å²) < 4.78 is 51.3. The molecule has 0 bridgehead atoms. The first-order valence-corrected chi connectivity index (χ1v) is 10.9. The predicted octanol–water partition coefficient (Wildman–Crippen LogP) is 7.50. The Hall–Kier alpha value is -3.78. The summed E-state index contributed by atoms with van der Waals surface area (Å²) in [5.74, 6) is -0.707. The van der Waals surface area contributed by atoms with Gasteiger partial charge < -0.3 is 11.1 Å². The Morgan fingerprint density at radius 1 is 0.765 bits per heavy atom. The molecule has 0 saturated heterocycles. The van der Waals surface area contributed by atoms with Crippen molar-refractivity contribution in [1.29, 1.82) is 0 Å². The summed E-state index contributed by atoms with van der Waals surface area (Å²) >= 11 is 1.29. The molecule has 8 heteroatoms. The van der Waals surface area contributed by atoms with Crippen LogP contribution in [0.4, 0.5) is 28.9 Å². The summed E-state index contributed by atoms with van der Waals surface area (Å²) in [6.07, 6.45) is -4.37. The van der Waals surface area contributed by atoms with Gasteiger partial charge in [-0.1, -0.05) is 30.0 Å². The first kappa shape index (κ1) is 23.4. The van der Waals surface area contributed by atoms with Crippen molar-refractivity contribution in [2.75, 3.05) is 11.1 Å². The lowest BCUT2D eigenvalue weighted by Gasteiger charge is -2.11. The van der Waals surface area contributed by atoms with E-state index in [2.05, 4.69) is 5.32 Å². The number of hydrogen-bond donors (Lipinski definition) is 2. The number of nitrogens with one attached hydrogen (secondary N) is 1. The maximum Gasteiger partial charge on any atom is 0.416 e. The third-order valence-corrected chi connectivity index (χ3v) is 6.03. The number of nitrogen functional groups attached to an aromatic ring is 1. The van der Waals surface area contributed by atoms with E-state index in [1.165, 1.54) is 36.0 Å². The van der Waals surface area contributed by atoms with Crippen molar-refractivity contribution in [3.8, 4) is 11.1 Å². The Morgan fingerprint density at radius 2 is 1.32 bits per heavy atom. The minimum atomic E-state index is -4.37. The Morgan fingerprint density at radius 3 is 1.91 bits per heavy atom. The fourth-order valence-electron chi connectivity index (χ4n) is 3.20. The molecule has 3 N–H and O–H groups in total. The molecule has 34 heavy (non-hydrogen) atoms. The van der Waals surface area contributed by atoms with Crippen LogP contribution < -0.4 is 11.1 Å². The number of nitrogens with two attached hydrogens (primary N) is 1. The van der Waals surface area contributed by atoms with Crippen LogP contribution in [0, 0.1) is 5.82 Å². The molecule has 0 aliphatic heterocycles. The van der Waals surface area contributed by atoms with Crippen LogP contribution in [0.25, 0.3) is 11.1 Å². The average Bonchev–Trinajstić information content (AvgIpc) is 2.81. The number of hydrogen-bond acceptors (Lipinski definition) is 3. The molecule has 0 atom stereocenters. The van der Waals surface area contributed by atoms with Crippen LogP contribution in [0.5, 0.6) is 0 Å². The topological polar surface area (TPSA) is 55.1 Å². The summed E-state index contributed by atoms with van der Waals surface area (Å²) in [7, 11) is 0. The van der Waals surface area contributed by atoms with Crippen molar-refractivity contribution < 1.29 is 22.4 Å². The highest BCUT2D eigenvalue weighted by Gasteiger charge is 2.29. The lowest BCUT2D eigenvalue weighted by atomic mass is 10.0. The highest BCUT2D eigenvalue weighted by molar-refractivity contribution is 7.99. The summed E-state index contributed by atoms with van der Waals surface area (Å²) in [6.45, 7) is 0. The lowest BCUT2D eigenvalue weighted by Crippen LogP contribution is -2.13. The molecule has 0 saturated carbocycles. The van der Waals surface area contributed by atoms with Gasteiger partial charge in [0.2, 0.25) is 0 Å². The van der Waals surface area contributed by atoms with Gasteiger partial charge in [0.15, 0.2) is 0 Å². The molecule has 0 aliphatic rings. The number of benzene rings is 4. The lowest BCUT2D eigenvalue weighted by molar-refractivity contribution is -0.137. The minimum Gasteiger partial charge on any atom is -0.397 e. The molecule has 0 fully saturated rings. The Balaban J connectivity index is 1.45. The van der Waals surface area contributed by atoms with Gasteiger partial charge in [-0.2, -0.15) is 13.2 Å². The minimum absolute atomic E-state index is 0.340. The largest absolute Gasteiger partial charge is 0.416 e. The predicted molar refractivity (Wildman–Crippen MR) is 126 cm³/mol. The van der Waals surface area contributed by atoms with E-state index in [1.807, 2.05) is 0 Å². The highest BCUT2D eigenvalue weighted by Crippen LogP contribution is 2.33. The van der Waals surface area contributed by atoms with Gasteiger partial charge in [-0.15, -0.1) is 0 Å². The zero-order valence-corrected chi connectivity index (χ0v) is 18.4. The molecule has 0 aliphatic carbocycles. The van der Waals surface area contributed by atoms with Gasteiger partial charge in [-0.25, -0.2) is 4.39 Å². The van der Waals surface area contributed by atoms with E-state index in [4.69, 9.17) is 5.73 Å². The molecule has 4 aromatic rings. The maximum atomic E-state index is 13.2. The summed E-state index contributed by atoms with van der Waals surface area (Å²) in [4.78, 5) is 14.2. The van der Waals surface area contributed by atoms with Gasteiger partial charge in [0, 0.05) is 15.4 Å². The molecule has 3 nitrogen and oxygen atoms in total. The van der Waals surface area contributed by atoms with Crippen molar-refractivity contribution >= 4 is 29.0 Å². The number of carbonyl (C=O) groups excluding carboxylic acids is 1. The molecule has 0 spiro atoms. The molecule has 0 radical (unpaired) electrons. The van der Waals surface area contributed by atoms with E-state index in [-0.39, 0.29) is 11.7 Å². The van der Waals surface area contributed by atoms with E-state index < -0.39 is 11.7 Å². The fraction of sp³-hybridized carbons (Fsp3) is 0.0385. The number of carbonyl (C=O) groups is 1. The quantitative estimate of drug-likeness (QED) is 0.229. The zero-order chi connectivity index (χ0) is 24.3. The molecule has 0 unspecified atom stereocenters. The van der Waals surface area contributed by atoms with Crippen LogP contribution in [0.2, 0.25) is 0 Å². The van der Waals surface area contributed by atoms with Crippen LogP contribution >= 0.6 is 11.8 Å². The molecular formula is C26H18F4N2OS. The second kappa shape index (κ2) is 9.61. The van der Waals surface area contributed by atoms with Gasteiger partial charge >= 0.3 is 6.18 Å². The van der Waals surface area contributed by atoms with Crippen molar-refractivity contribution in [2.45, 2.75) is 16.0 Å². The molecule has 4 aromatic carbocycles. The van der Waals surface area contributed by atoms with Gasteiger partial charge in [0.1, 0.15) is 5.82 Å². The van der Waals surface area contributed by atoms with Crippen LogP contribution in [0.3, 0.4) is 0 Å². The van der Waals surface area contributed by atoms with E-state index in [0.717, 1.165) is 28.2 Å². The normalized spacial score (nSPS) is 11.3. The Bertz CT molecular complexity index is 1300. The maximum absolute atomic E-state index is 13.2. The first-order chi connectivity index (χ1) is 16.2. The van der Waals surface area contributed by atoms with Crippen molar-refractivity contribution in [1.82, 2.24) is 0 Å². The molecule has 0 heterocycles. The van der Waals surface area contributed by atoms with Crippen LogP contribution in [-0.4, -0.2) is 5.91 Å². The molecule has 0 aromatic heterocycles. The van der Waals surface area contributed by atoms with E-state index in [1.54, 1.807) is 54.6 Å². The Labute approximate surface area is 197 Å². The second-order valence-electron chi connectivity index (χ2n) is 7.41. The van der Waals surface area contributed by atoms with Crippen molar-refractivity contribution in [3.63, 3.8) is 0 Å². The molecular weight excluding hydrogens is 464 g/mol. The summed E-state index contributed by atoms with van der Waals surface area (Å²) in [5, 5.41) is 2.79. The number of amides is 1. The summed E-state index contributed by atoms with van der Waals surface area (Å²) in [5.41, 5.74) is 8.07. The average molecular weight is 483 g/mol. The second-order valence-corrected chi connectivity index (χ2v) is 8.56. The molecule has 4 rings (SSSR count). The first-order valence-electron chi connectivity index (χ1n) is 10.1. The van der Waals surface area contributed by atoms with Gasteiger partial charge in [-0.05, 0) is 83.9 Å². The molecule has 172 valence electrons. The number of alkyl halides is 3. The standard InChI is InChI=1S/C26H18F4N2OS/c27-20-8-1-16(2-9-20)18-5-14-23(31)24(15-18)32-25(33)17-3-10-21(11-4-17)34-22-12-6-19(7-13-22)26(28,29)30/h1-15H,31H2,(H,32,33). The SMILES string of the molecule is Nc1ccc(-c2ccc(F)cc2)cc1NC(=O)c1ccc(Sc2ccc(C(F)(F)F)cc2)cc1. The van der Waals surface area contributed by atoms with E-state index in [0.29, 0.717) is 21.8 Å². The van der Waals surface area contributed by atoms with Crippen molar-refractivity contribution in [2.24, 2.45) is 0 Å². The van der Waals surface area contributed by atoms with E-state index in [9.17, 15) is 22.4 Å². The van der Waals surface area contributed by atoms with E-state index >= 15 is 0 Å². The fourth-order valence-corrected chi connectivity index (χ4v) is 4.02. The van der Waals surface area contributed by atoms with Gasteiger partial charge in [-0.3, -0.25) is 4.79 Å². The number of rotatable bonds is 5. The highest BCUT2D eigenvalue weighted by atomic mass is 32.2. The van der Waals surface area contributed by atoms with Crippen molar-refractivity contribution in [3.05, 3.63) is 108 Å². The van der Waals surface area contributed by atoms with Gasteiger partial charge in [0.25, 0.3) is 5.91 Å². The monoisotopic (exact) mass is 482 g/mol. The third-order valence-electron chi connectivity index (χ3n) is 5.01. The van der Waals surface area contributed by atoms with Crippen LogP contribution in [-0.2, 0) is 6.18 Å². The molecule has 1 amide bonds. The summed E-state index contributed by atoms with van der Waals surface area (Å²) in [6, 6.07) is 22.7.